The summed E-state index contributed by atoms with van der Waals surface area (Å²) in [6, 6.07) is 10.3. The van der Waals surface area contributed by atoms with Crippen LogP contribution < -0.4 is 5.73 Å². The second kappa shape index (κ2) is 7.25. The highest BCUT2D eigenvalue weighted by atomic mass is 35.5. The molecule has 2 fully saturated rings. The predicted molar refractivity (Wildman–Crippen MR) is 84.5 cm³/mol. The van der Waals surface area contributed by atoms with Crippen molar-refractivity contribution in [3.63, 3.8) is 0 Å². The average molecular weight is 311 g/mol. The lowest BCUT2D eigenvalue weighted by molar-refractivity contribution is -0.131. The van der Waals surface area contributed by atoms with Gasteiger partial charge in [-0.3, -0.25) is 4.79 Å². The molecule has 2 aliphatic rings. The van der Waals surface area contributed by atoms with Gasteiger partial charge in [0.15, 0.2) is 0 Å². The van der Waals surface area contributed by atoms with Gasteiger partial charge in [0.2, 0.25) is 5.91 Å². The number of ether oxygens (including phenoxy) is 1. The maximum absolute atomic E-state index is 12.3. The SMILES string of the molecule is Cl.N[C@@H]1CN(C(=O)CC2CCOC2)C[C@H]1c1ccccc1. The van der Waals surface area contributed by atoms with Gasteiger partial charge in [0.05, 0.1) is 0 Å². The van der Waals surface area contributed by atoms with Gasteiger partial charge in [-0.05, 0) is 17.9 Å². The van der Waals surface area contributed by atoms with E-state index < -0.39 is 0 Å². The lowest BCUT2D eigenvalue weighted by Gasteiger charge is -2.18. The number of hydrogen-bond donors (Lipinski definition) is 1. The van der Waals surface area contributed by atoms with Crippen molar-refractivity contribution in [1.29, 1.82) is 0 Å². The van der Waals surface area contributed by atoms with Gasteiger partial charge < -0.3 is 15.4 Å². The van der Waals surface area contributed by atoms with Crippen molar-refractivity contribution in [2.75, 3.05) is 26.3 Å². The van der Waals surface area contributed by atoms with Gasteiger partial charge in [-0.2, -0.15) is 0 Å². The molecule has 3 atom stereocenters. The molecule has 4 nitrogen and oxygen atoms in total. The maximum atomic E-state index is 12.3. The quantitative estimate of drug-likeness (QED) is 0.926. The van der Waals surface area contributed by atoms with Crippen molar-refractivity contribution in [2.24, 2.45) is 11.7 Å². The van der Waals surface area contributed by atoms with Crippen LogP contribution in [0.15, 0.2) is 30.3 Å². The third kappa shape index (κ3) is 3.76. The Labute approximate surface area is 132 Å². The van der Waals surface area contributed by atoms with E-state index in [2.05, 4.69) is 12.1 Å². The second-order valence-corrected chi connectivity index (χ2v) is 5.91. The molecule has 21 heavy (non-hydrogen) atoms. The summed E-state index contributed by atoms with van der Waals surface area (Å²) in [6.07, 6.45) is 1.61. The highest BCUT2D eigenvalue weighted by Gasteiger charge is 2.34. The summed E-state index contributed by atoms with van der Waals surface area (Å²) in [5, 5.41) is 0. The molecule has 116 valence electrons. The molecule has 1 aromatic carbocycles. The van der Waals surface area contributed by atoms with Crippen LogP contribution in [-0.4, -0.2) is 43.2 Å². The van der Waals surface area contributed by atoms with E-state index in [0.29, 0.717) is 18.9 Å². The number of rotatable bonds is 3. The van der Waals surface area contributed by atoms with Crippen LogP contribution in [0.25, 0.3) is 0 Å². The van der Waals surface area contributed by atoms with Crippen LogP contribution in [0.4, 0.5) is 0 Å². The second-order valence-electron chi connectivity index (χ2n) is 5.91. The number of benzene rings is 1. The smallest absolute Gasteiger partial charge is 0.223 e. The zero-order valence-electron chi connectivity index (χ0n) is 12.1. The largest absolute Gasteiger partial charge is 0.381 e. The predicted octanol–water partition coefficient (Wildman–Crippen LogP) is 1.79. The Morgan fingerprint density at radius 3 is 2.71 bits per heavy atom. The Morgan fingerprint density at radius 2 is 2.05 bits per heavy atom. The zero-order valence-corrected chi connectivity index (χ0v) is 12.9. The number of halogens is 1. The molecule has 0 saturated carbocycles. The molecule has 2 saturated heterocycles. The molecule has 2 N–H and O–H groups in total. The molecule has 0 aliphatic carbocycles. The first kappa shape index (κ1) is 16.3. The monoisotopic (exact) mass is 310 g/mol. The highest BCUT2D eigenvalue weighted by Crippen LogP contribution is 2.28. The van der Waals surface area contributed by atoms with E-state index in [9.17, 15) is 4.79 Å². The van der Waals surface area contributed by atoms with E-state index in [1.165, 1.54) is 5.56 Å². The van der Waals surface area contributed by atoms with E-state index in [0.717, 1.165) is 26.2 Å². The summed E-state index contributed by atoms with van der Waals surface area (Å²) in [4.78, 5) is 14.3. The average Bonchev–Trinajstić information content (AvgIpc) is 3.09. The fraction of sp³-hybridized carbons (Fsp3) is 0.562. The van der Waals surface area contributed by atoms with Crippen LogP contribution >= 0.6 is 12.4 Å². The molecular weight excluding hydrogens is 288 g/mol. The summed E-state index contributed by atoms with van der Waals surface area (Å²) >= 11 is 0. The Hall–Kier alpha value is -1.10. The van der Waals surface area contributed by atoms with Gasteiger partial charge in [0.25, 0.3) is 0 Å². The highest BCUT2D eigenvalue weighted by molar-refractivity contribution is 5.85. The normalized spacial score (nSPS) is 28.4. The van der Waals surface area contributed by atoms with Crippen LogP contribution in [0.2, 0.25) is 0 Å². The molecule has 0 radical (unpaired) electrons. The Balaban J connectivity index is 0.00000161. The van der Waals surface area contributed by atoms with Gasteiger partial charge in [0.1, 0.15) is 0 Å². The Morgan fingerprint density at radius 1 is 1.29 bits per heavy atom. The van der Waals surface area contributed by atoms with Crippen molar-refractivity contribution < 1.29 is 9.53 Å². The fourth-order valence-electron chi connectivity index (χ4n) is 3.21. The number of carbonyl (C=O) groups is 1. The van der Waals surface area contributed by atoms with Crippen LogP contribution in [0, 0.1) is 5.92 Å². The zero-order chi connectivity index (χ0) is 13.9. The first-order chi connectivity index (χ1) is 9.74. The minimum Gasteiger partial charge on any atom is -0.381 e. The number of hydrogen-bond acceptors (Lipinski definition) is 3. The van der Waals surface area contributed by atoms with E-state index in [4.69, 9.17) is 10.5 Å². The summed E-state index contributed by atoms with van der Waals surface area (Å²) < 4.78 is 5.34. The molecule has 1 unspecified atom stereocenters. The number of likely N-dealkylation sites (tertiary alicyclic amines) is 1. The standard InChI is InChI=1S/C16H22N2O2.ClH/c17-15-10-18(16(19)8-12-6-7-20-11-12)9-14(15)13-4-2-1-3-5-13;/h1-5,12,14-15H,6-11,17H2;1H/t12?,14-,15+;/m0./s1. The minimum atomic E-state index is 0. The van der Waals surface area contributed by atoms with Gasteiger partial charge in [-0.1, -0.05) is 30.3 Å². The van der Waals surface area contributed by atoms with Gasteiger partial charge in [0, 0.05) is 44.7 Å². The fourth-order valence-corrected chi connectivity index (χ4v) is 3.21. The summed E-state index contributed by atoms with van der Waals surface area (Å²) in [7, 11) is 0. The van der Waals surface area contributed by atoms with Crippen LogP contribution in [0.1, 0.15) is 24.3 Å². The van der Waals surface area contributed by atoms with Crippen molar-refractivity contribution in [3.8, 4) is 0 Å². The molecule has 0 bridgehead atoms. The number of nitrogens with zero attached hydrogens (tertiary/aromatic N) is 1. The summed E-state index contributed by atoms with van der Waals surface area (Å²) in [5.74, 6) is 0.892. The maximum Gasteiger partial charge on any atom is 0.223 e. The van der Waals surface area contributed by atoms with Crippen LogP contribution in [0.3, 0.4) is 0 Å². The van der Waals surface area contributed by atoms with E-state index in [1.807, 2.05) is 23.1 Å². The van der Waals surface area contributed by atoms with E-state index in [1.54, 1.807) is 0 Å². The van der Waals surface area contributed by atoms with Crippen LogP contribution in [0.5, 0.6) is 0 Å². The molecule has 0 aromatic heterocycles. The number of nitrogens with two attached hydrogens (primary N) is 1. The molecule has 2 heterocycles. The van der Waals surface area contributed by atoms with E-state index in [-0.39, 0.29) is 30.3 Å². The van der Waals surface area contributed by atoms with E-state index >= 15 is 0 Å². The van der Waals surface area contributed by atoms with Crippen LogP contribution in [-0.2, 0) is 9.53 Å². The molecule has 1 aromatic rings. The molecule has 1 amide bonds. The van der Waals surface area contributed by atoms with Crippen molar-refractivity contribution >= 4 is 18.3 Å². The molecule has 2 aliphatic heterocycles. The molecular formula is C16H23ClN2O2. The Bertz CT molecular complexity index is 463. The molecule has 0 spiro atoms. The minimum absolute atomic E-state index is 0. The lowest BCUT2D eigenvalue weighted by Crippen LogP contribution is -2.33. The number of amides is 1. The van der Waals surface area contributed by atoms with Crippen molar-refractivity contribution in [3.05, 3.63) is 35.9 Å². The first-order valence-electron chi connectivity index (χ1n) is 7.40. The third-order valence-electron chi connectivity index (χ3n) is 4.43. The summed E-state index contributed by atoms with van der Waals surface area (Å²) in [6.45, 7) is 2.95. The molecule has 5 heteroatoms. The topological polar surface area (TPSA) is 55.6 Å². The van der Waals surface area contributed by atoms with Gasteiger partial charge in [-0.15, -0.1) is 12.4 Å². The van der Waals surface area contributed by atoms with Crippen molar-refractivity contribution in [2.45, 2.75) is 24.8 Å². The van der Waals surface area contributed by atoms with Crippen molar-refractivity contribution in [1.82, 2.24) is 4.90 Å². The Kier molecular flexibility index (Phi) is 5.62. The summed E-state index contributed by atoms with van der Waals surface area (Å²) in [5.41, 5.74) is 7.46. The third-order valence-corrected chi connectivity index (χ3v) is 4.43. The van der Waals surface area contributed by atoms with Gasteiger partial charge >= 0.3 is 0 Å². The molecule has 3 rings (SSSR count). The number of carbonyl (C=O) groups excluding carboxylic acids is 1. The van der Waals surface area contributed by atoms with Gasteiger partial charge in [-0.25, -0.2) is 0 Å². The lowest BCUT2D eigenvalue weighted by atomic mass is 9.95. The first-order valence-corrected chi connectivity index (χ1v) is 7.40.